The number of nitrogens with zero attached hydrogens (tertiary/aromatic N) is 2. The largest absolute Gasteiger partial charge is 0.362 e. The first kappa shape index (κ1) is 18.6. The maximum Gasteiger partial charge on any atom is 0.223 e. The minimum absolute atomic E-state index is 0.0796. The van der Waals surface area contributed by atoms with E-state index in [9.17, 15) is 4.39 Å². The van der Waals surface area contributed by atoms with E-state index in [1.807, 2.05) is 31.2 Å². The lowest BCUT2D eigenvalue weighted by molar-refractivity contribution is 0.122. The molecule has 5 nitrogen and oxygen atoms in total. The van der Waals surface area contributed by atoms with Gasteiger partial charge in [0.2, 0.25) is 5.95 Å². The van der Waals surface area contributed by atoms with Crippen molar-refractivity contribution in [2.75, 3.05) is 17.7 Å². The van der Waals surface area contributed by atoms with Crippen molar-refractivity contribution < 1.29 is 9.13 Å². The topological polar surface area (TPSA) is 59.1 Å². The van der Waals surface area contributed by atoms with Crippen LogP contribution in [0.4, 0.5) is 16.0 Å². The molecule has 0 amide bonds. The Balaban J connectivity index is 1.80. The predicted molar refractivity (Wildman–Crippen MR) is 103 cm³/mol. The third-order valence-corrected chi connectivity index (χ3v) is 4.80. The van der Waals surface area contributed by atoms with E-state index in [0.29, 0.717) is 23.2 Å². The van der Waals surface area contributed by atoms with Gasteiger partial charge in [-0.3, -0.25) is 0 Å². The van der Waals surface area contributed by atoms with Crippen LogP contribution in [0, 0.1) is 5.82 Å². The minimum Gasteiger partial charge on any atom is -0.362 e. The van der Waals surface area contributed by atoms with E-state index in [4.69, 9.17) is 4.74 Å². The number of hydrogen-bond donors (Lipinski definition) is 2. The molecule has 1 atom stereocenters. The van der Waals surface area contributed by atoms with Crippen molar-refractivity contribution in [1.82, 2.24) is 9.97 Å². The van der Waals surface area contributed by atoms with Crippen molar-refractivity contribution in [3.8, 4) is 11.3 Å². The Morgan fingerprint density at radius 3 is 2.81 bits per heavy atom. The van der Waals surface area contributed by atoms with E-state index >= 15 is 0 Å². The van der Waals surface area contributed by atoms with E-state index in [0.717, 1.165) is 24.9 Å². The van der Waals surface area contributed by atoms with E-state index in [2.05, 4.69) is 20.6 Å². The van der Waals surface area contributed by atoms with Crippen LogP contribution in [-0.4, -0.2) is 29.3 Å². The van der Waals surface area contributed by atoms with E-state index in [-0.39, 0.29) is 6.23 Å². The van der Waals surface area contributed by atoms with Crippen LogP contribution in [0.5, 0.6) is 0 Å². The zero-order chi connectivity index (χ0) is 18.4. The number of methoxy groups -OCH3 is 1. The first-order valence-electron chi connectivity index (χ1n) is 9.38. The second kappa shape index (κ2) is 8.94. The Morgan fingerprint density at radius 2 is 2.08 bits per heavy atom. The number of nitrogens with one attached hydrogen (secondary N) is 2. The number of hydrogen-bond acceptors (Lipinski definition) is 5. The molecule has 3 rings (SSSR count). The van der Waals surface area contributed by atoms with Gasteiger partial charge in [-0.25, -0.2) is 14.4 Å². The van der Waals surface area contributed by atoms with Crippen LogP contribution >= 0.6 is 0 Å². The molecule has 1 heterocycles. The van der Waals surface area contributed by atoms with Gasteiger partial charge in [0.1, 0.15) is 11.9 Å². The average Bonchev–Trinajstić information content (AvgIpc) is 2.68. The number of rotatable bonds is 7. The minimum atomic E-state index is -0.421. The zero-order valence-electron chi connectivity index (χ0n) is 15.5. The lowest BCUT2D eigenvalue weighted by atomic mass is 9.96. The van der Waals surface area contributed by atoms with Gasteiger partial charge in [-0.15, -0.1) is 0 Å². The summed E-state index contributed by atoms with van der Waals surface area (Å²) >= 11 is 0. The van der Waals surface area contributed by atoms with Crippen LogP contribution in [0.2, 0.25) is 0 Å². The molecule has 2 aromatic rings. The van der Waals surface area contributed by atoms with E-state index < -0.39 is 5.82 Å². The lowest BCUT2D eigenvalue weighted by Gasteiger charge is -2.22. The molecule has 2 N–H and O–H groups in total. The molecule has 6 heteroatoms. The quantitative estimate of drug-likeness (QED) is 0.695. The van der Waals surface area contributed by atoms with Crippen molar-refractivity contribution in [3.63, 3.8) is 0 Å². The fourth-order valence-corrected chi connectivity index (χ4v) is 3.34. The molecule has 1 saturated carbocycles. The predicted octanol–water partition coefficient (Wildman–Crippen LogP) is 4.82. The Labute approximate surface area is 154 Å². The second-order valence-corrected chi connectivity index (χ2v) is 6.73. The second-order valence-electron chi connectivity index (χ2n) is 6.73. The molecule has 1 unspecified atom stereocenters. The zero-order valence-corrected chi connectivity index (χ0v) is 15.5. The number of anilines is 2. The van der Waals surface area contributed by atoms with Gasteiger partial charge in [0.25, 0.3) is 0 Å². The summed E-state index contributed by atoms with van der Waals surface area (Å²) in [5.41, 5.74) is 1.90. The maximum absolute atomic E-state index is 14.4. The van der Waals surface area contributed by atoms with Crippen LogP contribution in [-0.2, 0) is 4.74 Å². The fraction of sp³-hybridized carbons (Fsp3) is 0.500. The molecule has 1 aromatic heterocycles. The van der Waals surface area contributed by atoms with Gasteiger partial charge in [-0.2, -0.15) is 0 Å². The smallest absolute Gasteiger partial charge is 0.223 e. The van der Waals surface area contributed by atoms with Gasteiger partial charge in [0, 0.05) is 24.4 Å². The van der Waals surface area contributed by atoms with E-state index in [1.165, 1.54) is 25.5 Å². The molecule has 0 saturated heterocycles. The summed E-state index contributed by atoms with van der Waals surface area (Å²) in [5.74, 6) is 0.0742. The van der Waals surface area contributed by atoms with Crippen molar-refractivity contribution in [2.45, 2.75) is 57.7 Å². The highest BCUT2D eigenvalue weighted by Crippen LogP contribution is 2.26. The highest BCUT2D eigenvalue weighted by Gasteiger charge is 2.16. The Morgan fingerprint density at radius 1 is 1.27 bits per heavy atom. The highest BCUT2D eigenvalue weighted by atomic mass is 19.1. The van der Waals surface area contributed by atoms with Crippen molar-refractivity contribution in [1.29, 1.82) is 0 Å². The monoisotopic (exact) mass is 358 g/mol. The number of ether oxygens (including phenoxy) is 1. The summed E-state index contributed by atoms with van der Waals surface area (Å²) in [6.07, 6.45) is 7.96. The number of benzene rings is 1. The summed E-state index contributed by atoms with van der Waals surface area (Å²) < 4.78 is 19.7. The molecule has 140 valence electrons. The SMILES string of the molecule is CCC(Nc1cccc(-c2nc(NC3CCCCC3)ncc2F)c1)OC. The molecule has 1 aromatic carbocycles. The molecule has 0 bridgehead atoms. The standard InChI is InChI=1S/C20H27FN4O/c1-3-18(26-2)23-16-11-7-8-14(12-16)19-17(21)13-22-20(25-19)24-15-9-5-4-6-10-15/h7-8,11-13,15,18,23H,3-6,9-10H2,1-2H3,(H,22,24,25). The average molecular weight is 358 g/mol. The van der Waals surface area contributed by atoms with Crippen molar-refractivity contribution >= 4 is 11.6 Å². The van der Waals surface area contributed by atoms with Crippen LogP contribution in [0.25, 0.3) is 11.3 Å². The molecule has 1 aliphatic rings. The highest BCUT2D eigenvalue weighted by molar-refractivity contribution is 5.66. The van der Waals surface area contributed by atoms with Crippen LogP contribution in [0.3, 0.4) is 0 Å². The maximum atomic E-state index is 14.4. The van der Waals surface area contributed by atoms with Gasteiger partial charge >= 0.3 is 0 Å². The lowest BCUT2D eigenvalue weighted by Crippen LogP contribution is -2.23. The van der Waals surface area contributed by atoms with Gasteiger partial charge in [0.15, 0.2) is 5.82 Å². The van der Waals surface area contributed by atoms with Gasteiger partial charge in [0.05, 0.1) is 6.20 Å². The first-order valence-corrected chi connectivity index (χ1v) is 9.38. The summed E-state index contributed by atoms with van der Waals surface area (Å²) in [6, 6.07) is 7.94. The number of aromatic nitrogens is 2. The Hall–Kier alpha value is -2.21. The van der Waals surface area contributed by atoms with E-state index in [1.54, 1.807) is 7.11 Å². The molecular formula is C20H27FN4O. The molecular weight excluding hydrogens is 331 g/mol. The summed E-state index contributed by atoms with van der Waals surface area (Å²) in [7, 11) is 1.66. The van der Waals surface area contributed by atoms with Gasteiger partial charge < -0.3 is 15.4 Å². The summed E-state index contributed by atoms with van der Waals surface area (Å²) in [4.78, 5) is 8.56. The molecule has 1 aliphatic carbocycles. The van der Waals surface area contributed by atoms with Crippen LogP contribution in [0.15, 0.2) is 30.5 Å². The summed E-state index contributed by atoms with van der Waals surface area (Å²) in [5, 5.41) is 6.64. The molecule has 26 heavy (non-hydrogen) atoms. The molecule has 0 radical (unpaired) electrons. The Kier molecular flexibility index (Phi) is 6.39. The molecule has 0 aliphatic heterocycles. The van der Waals surface area contributed by atoms with Gasteiger partial charge in [-0.05, 0) is 31.4 Å². The van der Waals surface area contributed by atoms with Crippen LogP contribution < -0.4 is 10.6 Å². The first-order chi connectivity index (χ1) is 12.7. The van der Waals surface area contributed by atoms with Crippen molar-refractivity contribution in [3.05, 3.63) is 36.3 Å². The molecule has 1 fully saturated rings. The number of halogens is 1. The third kappa shape index (κ3) is 4.69. The van der Waals surface area contributed by atoms with Gasteiger partial charge in [-0.1, -0.05) is 38.3 Å². The summed E-state index contributed by atoms with van der Waals surface area (Å²) in [6.45, 7) is 2.04. The third-order valence-electron chi connectivity index (χ3n) is 4.80. The Bertz CT molecular complexity index is 715. The van der Waals surface area contributed by atoms with Crippen molar-refractivity contribution in [2.24, 2.45) is 0 Å². The fourth-order valence-electron chi connectivity index (χ4n) is 3.34. The molecule has 0 spiro atoms. The normalized spacial score (nSPS) is 16.3. The van der Waals surface area contributed by atoms with Crippen LogP contribution in [0.1, 0.15) is 45.4 Å².